The van der Waals surface area contributed by atoms with Crippen molar-refractivity contribution in [3.8, 4) is 0 Å². The summed E-state index contributed by atoms with van der Waals surface area (Å²) in [6, 6.07) is 15.1. The lowest BCUT2D eigenvalue weighted by atomic mass is 10.1. The van der Waals surface area contributed by atoms with Crippen molar-refractivity contribution in [2.24, 2.45) is 0 Å². The molecule has 2 aromatic heterocycles. The normalized spacial score (nSPS) is 12.7. The minimum absolute atomic E-state index is 0.374. The number of nitrogens with zero attached hydrogens (tertiary/aromatic N) is 1. The van der Waals surface area contributed by atoms with Gasteiger partial charge in [0.05, 0.1) is 5.52 Å². The Labute approximate surface area is 117 Å². The Bertz CT molecular complexity index is 656. The molecule has 1 aromatic carbocycles. The first-order valence-corrected chi connectivity index (χ1v) is 7.32. The summed E-state index contributed by atoms with van der Waals surface area (Å²) in [5.41, 5.74) is 2.34. The molecule has 0 aliphatic rings. The van der Waals surface area contributed by atoms with E-state index in [0.717, 1.165) is 12.1 Å². The fourth-order valence-corrected chi connectivity index (χ4v) is 2.97. The maximum Gasteiger partial charge on any atom is 0.0746 e. The molecule has 0 saturated carbocycles. The van der Waals surface area contributed by atoms with Gasteiger partial charge in [0.25, 0.3) is 0 Å². The molecule has 0 fully saturated rings. The number of aromatic nitrogens is 1. The highest BCUT2D eigenvalue weighted by molar-refractivity contribution is 7.10. The molecule has 0 aliphatic carbocycles. The van der Waals surface area contributed by atoms with E-state index in [0.29, 0.717) is 6.04 Å². The van der Waals surface area contributed by atoms with Gasteiger partial charge in [0.1, 0.15) is 0 Å². The Kier molecular flexibility index (Phi) is 3.58. The Hall–Kier alpha value is -1.71. The van der Waals surface area contributed by atoms with Crippen LogP contribution in [0.5, 0.6) is 0 Å². The third kappa shape index (κ3) is 2.67. The fraction of sp³-hybridized carbons (Fsp3) is 0.188. The van der Waals surface area contributed by atoms with Gasteiger partial charge in [-0.2, -0.15) is 0 Å². The number of rotatable bonds is 4. The molecule has 2 heterocycles. The van der Waals surface area contributed by atoms with E-state index in [4.69, 9.17) is 0 Å². The number of hydrogen-bond acceptors (Lipinski definition) is 3. The summed E-state index contributed by atoms with van der Waals surface area (Å²) < 4.78 is 0. The average molecular weight is 268 g/mol. The van der Waals surface area contributed by atoms with Crippen LogP contribution < -0.4 is 5.32 Å². The minimum Gasteiger partial charge on any atom is -0.305 e. The summed E-state index contributed by atoms with van der Waals surface area (Å²) >= 11 is 1.79. The van der Waals surface area contributed by atoms with Crippen LogP contribution in [0.2, 0.25) is 0 Å². The van der Waals surface area contributed by atoms with Gasteiger partial charge < -0.3 is 5.32 Å². The van der Waals surface area contributed by atoms with Crippen LogP contribution in [0.15, 0.2) is 54.0 Å². The van der Waals surface area contributed by atoms with Crippen molar-refractivity contribution in [3.05, 3.63) is 64.5 Å². The summed E-state index contributed by atoms with van der Waals surface area (Å²) in [5.74, 6) is 0. The first-order valence-electron chi connectivity index (χ1n) is 6.44. The lowest BCUT2D eigenvalue weighted by molar-refractivity contribution is 0.584. The zero-order valence-electron chi connectivity index (χ0n) is 10.8. The maximum atomic E-state index is 4.48. The van der Waals surface area contributed by atoms with Crippen LogP contribution >= 0.6 is 11.3 Å². The van der Waals surface area contributed by atoms with Gasteiger partial charge in [-0.1, -0.05) is 30.3 Å². The van der Waals surface area contributed by atoms with Gasteiger partial charge in [0, 0.05) is 29.0 Å². The highest BCUT2D eigenvalue weighted by Crippen LogP contribution is 2.20. The zero-order chi connectivity index (χ0) is 13.1. The zero-order valence-corrected chi connectivity index (χ0v) is 11.7. The van der Waals surface area contributed by atoms with E-state index >= 15 is 0 Å². The van der Waals surface area contributed by atoms with Gasteiger partial charge in [-0.25, -0.2) is 0 Å². The van der Waals surface area contributed by atoms with Crippen molar-refractivity contribution < 1.29 is 0 Å². The van der Waals surface area contributed by atoms with E-state index in [9.17, 15) is 0 Å². The number of nitrogens with one attached hydrogen (secondary N) is 1. The number of pyridine rings is 1. The average Bonchev–Trinajstić information content (AvgIpc) is 2.99. The van der Waals surface area contributed by atoms with Crippen LogP contribution in [-0.2, 0) is 6.54 Å². The highest BCUT2D eigenvalue weighted by Gasteiger charge is 2.07. The first-order chi connectivity index (χ1) is 9.34. The Morgan fingerprint density at radius 3 is 2.89 bits per heavy atom. The van der Waals surface area contributed by atoms with E-state index < -0.39 is 0 Å². The molecule has 2 nitrogen and oxygen atoms in total. The molecule has 0 saturated heterocycles. The molecule has 0 spiro atoms. The van der Waals surface area contributed by atoms with Crippen LogP contribution in [0, 0.1) is 0 Å². The molecule has 19 heavy (non-hydrogen) atoms. The number of thiophene rings is 1. The van der Waals surface area contributed by atoms with Crippen molar-refractivity contribution in [2.45, 2.75) is 19.5 Å². The number of fused-ring (bicyclic) bond motifs is 1. The fourth-order valence-electron chi connectivity index (χ4n) is 2.21. The topological polar surface area (TPSA) is 24.9 Å². The van der Waals surface area contributed by atoms with Crippen molar-refractivity contribution in [1.29, 1.82) is 0 Å². The second-order valence-corrected chi connectivity index (χ2v) is 5.59. The van der Waals surface area contributed by atoms with Gasteiger partial charge in [-0.15, -0.1) is 11.3 Å². The molecule has 96 valence electrons. The molecular weight excluding hydrogens is 252 g/mol. The van der Waals surface area contributed by atoms with Gasteiger partial charge in [0.2, 0.25) is 0 Å². The summed E-state index contributed by atoms with van der Waals surface area (Å²) in [6.45, 7) is 3.04. The monoisotopic (exact) mass is 268 g/mol. The van der Waals surface area contributed by atoms with Crippen LogP contribution in [0.25, 0.3) is 10.9 Å². The smallest absolute Gasteiger partial charge is 0.0746 e. The maximum absolute atomic E-state index is 4.48. The van der Waals surface area contributed by atoms with Crippen molar-refractivity contribution >= 4 is 22.2 Å². The second-order valence-electron chi connectivity index (χ2n) is 4.61. The molecule has 3 rings (SSSR count). The highest BCUT2D eigenvalue weighted by atomic mass is 32.1. The largest absolute Gasteiger partial charge is 0.305 e. The van der Waals surface area contributed by atoms with E-state index in [2.05, 4.69) is 59.0 Å². The van der Waals surface area contributed by atoms with E-state index in [1.165, 1.54) is 15.8 Å². The predicted molar refractivity (Wildman–Crippen MR) is 81.3 cm³/mol. The first kappa shape index (κ1) is 12.3. The standard InChI is InChI=1S/C16H16N2S/c1-12(15-8-4-10-19-15)18-11-14-6-2-5-13-7-3-9-17-16(13)14/h2-10,12,18H,11H2,1H3/t12-/m1/s1. The molecule has 0 amide bonds. The van der Waals surface area contributed by atoms with Gasteiger partial charge in [-0.3, -0.25) is 4.98 Å². The van der Waals surface area contributed by atoms with Crippen LogP contribution in [0.1, 0.15) is 23.4 Å². The molecular formula is C16H16N2S. The molecule has 3 aromatic rings. The summed E-state index contributed by atoms with van der Waals surface area (Å²) in [4.78, 5) is 5.85. The third-order valence-corrected chi connectivity index (χ3v) is 4.34. The Balaban J connectivity index is 1.79. The van der Waals surface area contributed by atoms with E-state index in [1.807, 2.05) is 12.3 Å². The van der Waals surface area contributed by atoms with Crippen molar-refractivity contribution in [1.82, 2.24) is 10.3 Å². The molecule has 0 bridgehead atoms. The lowest BCUT2D eigenvalue weighted by Gasteiger charge is -2.13. The van der Waals surface area contributed by atoms with Crippen molar-refractivity contribution in [3.63, 3.8) is 0 Å². The number of hydrogen-bond donors (Lipinski definition) is 1. The summed E-state index contributed by atoms with van der Waals surface area (Å²) in [7, 11) is 0. The molecule has 0 unspecified atom stereocenters. The Morgan fingerprint density at radius 1 is 1.16 bits per heavy atom. The van der Waals surface area contributed by atoms with Gasteiger partial charge in [0.15, 0.2) is 0 Å². The molecule has 0 radical (unpaired) electrons. The van der Waals surface area contributed by atoms with E-state index in [-0.39, 0.29) is 0 Å². The number of para-hydroxylation sites is 1. The third-order valence-electron chi connectivity index (χ3n) is 3.28. The molecule has 1 N–H and O–H groups in total. The lowest BCUT2D eigenvalue weighted by Crippen LogP contribution is -2.17. The summed E-state index contributed by atoms with van der Waals surface area (Å²) in [6.07, 6.45) is 1.86. The van der Waals surface area contributed by atoms with Crippen LogP contribution in [0.3, 0.4) is 0 Å². The quantitative estimate of drug-likeness (QED) is 0.769. The summed E-state index contributed by atoms with van der Waals surface area (Å²) in [5, 5.41) is 6.88. The van der Waals surface area contributed by atoms with Crippen LogP contribution in [-0.4, -0.2) is 4.98 Å². The minimum atomic E-state index is 0.374. The van der Waals surface area contributed by atoms with E-state index in [1.54, 1.807) is 11.3 Å². The second kappa shape index (κ2) is 5.51. The van der Waals surface area contributed by atoms with Gasteiger partial charge in [-0.05, 0) is 30.0 Å². The SMILES string of the molecule is C[C@@H](NCc1cccc2cccnc12)c1cccs1. The Morgan fingerprint density at radius 2 is 2.05 bits per heavy atom. The number of benzene rings is 1. The molecule has 0 aliphatic heterocycles. The van der Waals surface area contributed by atoms with Crippen LogP contribution in [0.4, 0.5) is 0 Å². The van der Waals surface area contributed by atoms with Gasteiger partial charge >= 0.3 is 0 Å². The molecule has 3 heteroatoms. The predicted octanol–water partition coefficient (Wildman–Crippen LogP) is 4.15. The van der Waals surface area contributed by atoms with Crippen molar-refractivity contribution in [2.75, 3.05) is 0 Å². The molecule has 1 atom stereocenters.